The van der Waals surface area contributed by atoms with Crippen LogP contribution in [0.1, 0.15) is 22.8 Å². The van der Waals surface area contributed by atoms with E-state index in [-0.39, 0.29) is 24.4 Å². The van der Waals surface area contributed by atoms with Crippen LogP contribution in [0, 0.1) is 5.82 Å². The highest BCUT2D eigenvalue weighted by atomic mass is 19.1. The molecule has 0 fully saturated rings. The molecule has 2 aromatic heterocycles. The second-order valence-electron chi connectivity index (χ2n) is 7.97. The molecule has 1 atom stereocenters. The number of rotatable bonds is 10. The molecule has 0 aliphatic carbocycles. The van der Waals surface area contributed by atoms with Crippen molar-refractivity contribution in [1.82, 2.24) is 25.6 Å². The first-order chi connectivity index (χ1) is 18.0. The van der Waals surface area contributed by atoms with Crippen molar-refractivity contribution in [1.29, 1.82) is 0 Å². The van der Waals surface area contributed by atoms with Crippen molar-refractivity contribution in [2.75, 3.05) is 6.61 Å². The fourth-order valence-electron chi connectivity index (χ4n) is 3.61. The Bertz CT molecular complexity index is 1390. The summed E-state index contributed by atoms with van der Waals surface area (Å²) in [6.45, 7) is 1.80. The van der Waals surface area contributed by atoms with Gasteiger partial charge in [0.2, 0.25) is 5.78 Å². The highest BCUT2D eigenvalue weighted by Crippen LogP contribution is 2.19. The molecule has 4 aromatic rings. The monoisotopic (exact) mass is 501 g/mol. The zero-order chi connectivity index (χ0) is 26.2. The van der Waals surface area contributed by atoms with Gasteiger partial charge in [-0.15, -0.1) is 0 Å². The molecule has 0 aliphatic heterocycles. The number of pyridine rings is 1. The van der Waals surface area contributed by atoms with Crippen LogP contribution in [0.15, 0.2) is 85.2 Å². The van der Waals surface area contributed by atoms with Crippen LogP contribution in [0.2, 0.25) is 0 Å². The van der Waals surface area contributed by atoms with Gasteiger partial charge in [-0.2, -0.15) is 5.10 Å². The Balaban J connectivity index is 1.60. The molecule has 10 heteroatoms. The lowest BCUT2D eigenvalue weighted by Gasteiger charge is -2.18. The minimum Gasteiger partial charge on any atom is -0.341 e. The van der Waals surface area contributed by atoms with E-state index in [9.17, 15) is 18.8 Å². The number of halogens is 1. The molecule has 2 aromatic carbocycles. The summed E-state index contributed by atoms with van der Waals surface area (Å²) in [6, 6.07) is 18.6. The topological polar surface area (TPSA) is 115 Å². The number of nitrogens with one attached hydrogen (secondary N) is 2. The number of carbonyl (C=O) groups is 3. The van der Waals surface area contributed by atoms with Crippen LogP contribution in [-0.4, -0.2) is 45.0 Å². The van der Waals surface area contributed by atoms with Crippen molar-refractivity contribution < 1.29 is 23.6 Å². The number of Topliss-reactive ketones (excluding diaryl/α,β-unsaturated/α-hetero) is 1. The number of aromatic nitrogens is 3. The summed E-state index contributed by atoms with van der Waals surface area (Å²) >= 11 is 0. The van der Waals surface area contributed by atoms with E-state index in [0.29, 0.717) is 11.3 Å². The Morgan fingerprint density at radius 2 is 1.76 bits per heavy atom. The molecule has 2 amide bonds. The molecule has 0 radical (unpaired) electrons. The molecular formula is C27H24FN5O4. The van der Waals surface area contributed by atoms with Gasteiger partial charge in [-0.05, 0) is 42.8 Å². The summed E-state index contributed by atoms with van der Waals surface area (Å²) < 4.78 is 14.8. The third kappa shape index (κ3) is 6.30. The highest BCUT2D eigenvalue weighted by Gasteiger charge is 2.29. The van der Waals surface area contributed by atoms with Gasteiger partial charge in [0.1, 0.15) is 11.9 Å². The Hall–Kier alpha value is -4.70. The Kier molecular flexibility index (Phi) is 8.11. The summed E-state index contributed by atoms with van der Waals surface area (Å²) in [5, 5.41) is 7.16. The lowest BCUT2D eigenvalue weighted by Crippen LogP contribution is -2.48. The van der Waals surface area contributed by atoms with Gasteiger partial charge in [-0.25, -0.2) is 19.5 Å². The van der Waals surface area contributed by atoms with E-state index in [1.165, 1.54) is 35.1 Å². The maximum Gasteiger partial charge on any atom is 0.313 e. The van der Waals surface area contributed by atoms with Crippen LogP contribution < -0.4 is 10.8 Å². The molecule has 9 nitrogen and oxygen atoms in total. The molecule has 0 aliphatic rings. The van der Waals surface area contributed by atoms with E-state index >= 15 is 0 Å². The average Bonchev–Trinajstić information content (AvgIpc) is 3.43. The van der Waals surface area contributed by atoms with Crippen LogP contribution in [0.3, 0.4) is 0 Å². The standard InChI is InChI=1S/C27H24FN5O4/c1-2-37-32-27(36)24(34)23(17-18-10-12-20(28)13-11-18)30-26(35)21-9-6-15-29-25(21)33-16-14-22(31-33)19-7-4-3-5-8-19/h3-16,23H,2,17H2,1H3,(H,30,35)(H,32,36). The third-order valence-corrected chi connectivity index (χ3v) is 5.41. The zero-order valence-corrected chi connectivity index (χ0v) is 19.9. The Morgan fingerprint density at radius 1 is 1.00 bits per heavy atom. The molecule has 4 rings (SSSR count). The van der Waals surface area contributed by atoms with Gasteiger partial charge >= 0.3 is 5.91 Å². The van der Waals surface area contributed by atoms with Crippen molar-refractivity contribution >= 4 is 17.6 Å². The van der Waals surface area contributed by atoms with E-state index in [1.54, 1.807) is 31.3 Å². The minimum atomic E-state index is -1.25. The van der Waals surface area contributed by atoms with E-state index in [1.807, 2.05) is 35.8 Å². The summed E-state index contributed by atoms with van der Waals surface area (Å²) in [5.74, 6) is -2.76. The van der Waals surface area contributed by atoms with Crippen LogP contribution in [0.25, 0.3) is 17.1 Å². The molecule has 1 unspecified atom stereocenters. The van der Waals surface area contributed by atoms with E-state index in [0.717, 1.165) is 5.56 Å². The molecular weight excluding hydrogens is 477 g/mol. The Labute approximate surface area is 212 Å². The fraction of sp³-hybridized carbons (Fsp3) is 0.148. The molecule has 0 spiro atoms. The van der Waals surface area contributed by atoms with Crippen LogP contribution in [-0.2, 0) is 20.8 Å². The summed E-state index contributed by atoms with van der Waals surface area (Å²) in [7, 11) is 0. The second-order valence-corrected chi connectivity index (χ2v) is 7.97. The van der Waals surface area contributed by atoms with Gasteiger partial charge in [0, 0.05) is 24.4 Å². The lowest BCUT2D eigenvalue weighted by molar-refractivity contribution is -0.146. The predicted octanol–water partition coefficient (Wildman–Crippen LogP) is 3.05. The number of hydrogen-bond acceptors (Lipinski definition) is 6. The van der Waals surface area contributed by atoms with E-state index < -0.39 is 29.5 Å². The van der Waals surface area contributed by atoms with Crippen molar-refractivity contribution in [3.05, 3.63) is 102 Å². The smallest absolute Gasteiger partial charge is 0.313 e. The van der Waals surface area contributed by atoms with Crippen LogP contribution >= 0.6 is 0 Å². The fourth-order valence-corrected chi connectivity index (χ4v) is 3.61. The molecule has 0 bridgehead atoms. The first kappa shape index (κ1) is 25.4. The molecule has 2 N–H and O–H groups in total. The SMILES string of the molecule is CCONC(=O)C(=O)C(Cc1ccc(F)cc1)NC(=O)c1cccnc1-n1ccc(-c2ccccc2)n1. The van der Waals surface area contributed by atoms with Crippen LogP contribution in [0.5, 0.6) is 0 Å². The average molecular weight is 502 g/mol. The maximum atomic E-state index is 13.4. The number of ketones is 1. The van der Waals surface area contributed by atoms with Gasteiger partial charge in [0.25, 0.3) is 5.91 Å². The van der Waals surface area contributed by atoms with Gasteiger partial charge in [-0.1, -0.05) is 42.5 Å². The van der Waals surface area contributed by atoms with Gasteiger partial charge in [0.15, 0.2) is 5.82 Å². The minimum absolute atomic E-state index is 0.0417. The van der Waals surface area contributed by atoms with Crippen LogP contribution in [0.4, 0.5) is 4.39 Å². The summed E-state index contributed by atoms with van der Waals surface area (Å²) in [4.78, 5) is 47.7. The van der Waals surface area contributed by atoms with Crippen molar-refractivity contribution in [3.63, 3.8) is 0 Å². The van der Waals surface area contributed by atoms with Gasteiger partial charge in [-0.3, -0.25) is 19.2 Å². The summed E-state index contributed by atoms with van der Waals surface area (Å²) in [5.41, 5.74) is 4.33. The largest absolute Gasteiger partial charge is 0.341 e. The normalized spacial score (nSPS) is 11.5. The number of nitrogens with zero attached hydrogens (tertiary/aromatic N) is 3. The zero-order valence-electron chi connectivity index (χ0n) is 19.9. The van der Waals surface area contributed by atoms with Crippen molar-refractivity contribution in [3.8, 4) is 17.1 Å². The number of hydroxylamine groups is 1. The number of carbonyl (C=O) groups excluding carboxylic acids is 3. The molecule has 0 saturated carbocycles. The number of hydrogen-bond donors (Lipinski definition) is 2. The van der Waals surface area contributed by atoms with E-state index in [2.05, 4.69) is 15.4 Å². The molecule has 37 heavy (non-hydrogen) atoms. The van der Waals surface area contributed by atoms with Gasteiger partial charge < -0.3 is 5.32 Å². The summed E-state index contributed by atoms with van der Waals surface area (Å²) in [6.07, 6.45) is 3.16. The molecule has 2 heterocycles. The molecule has 0 saturated heterocycles. The Morgan fingerprint density at radius 3 is 2.49 bits per heavy atom. The predicted molar refractivity (Wildman–Crippen MR) is 133 cm³/mol. The number of benzene rings is 2. The van der Waals surface area contributed by atoms with Gasteiger partial charge in [0.05, 0.1) is 17.9 Å². The molecule has 188 valence electrons. The van der Waals surface area contributed by atoms with Crippen molar-refractivity contribution in [2.45, 2.75) is 19.4 Å². The highest BCUT2D eigenvalue weighted by molar-refractivity contribution is 6.38. The third-order valence-electron chi connectivity index (χ3n) is 5.41. The first-order valence-corrected chi connectivity index (χ1v) is 11.5. The first-order valence-electron chi connectivity index (χ1n) is 11.5. The van der Waals surface area contributed by atoms with E-state index in [4.69, 9.17) is 4.84 Å². The second kappa shape index (κ2) is 11.8. The number of amides is 2. The van der Waals surface area contributed by atoms with Crippen molar-refractivity contribution in [2.24, 2.45) is 0 Å². The maximum absolute atomic E-state index is 13.4. The lowest BCUT2D eigenvalue weighted by atomic mass is 10.0. The quantitative estimate of drug-likeness (QED) is 0.255.